The number of ether oxygens (including phenoxy) is 1. The first-order valence-corrected chi connectivity index (χ1v) is 5.97. The molecule has 1 rings (SSSR count). The number of aliphatic carboxylic acids is 1. The molecule has 0 spiro atoms. The molecule has 0 aliphatic rings. The largest absolute Gasteiger partial charge is 0.497 e. The molecule has 4 nitrogen and oxygen atoms in total. The second-order valence-electron chi connectivity index (χ2n) is 5.06. The standard InChI is InChI=1S/C14H21NO3/c1-10(15-9-14(2,3)13(16)17)11-5-7-12(18-4)8-6-11/h5-8,10,15H,9H2,1-4H3,(H,16,17)/t10-/m0/s1. The Balaban J connectivity index is 2.59. The molecule has 0 amide bonds. The summed E-state index contributed by atoms with van der Waals surface area (Å²) in [7, 11) is 1.63. The van der Waals surface area contributed by atoms with Crippen molar-refractivity contribution in [3.8, 4) is 5.75 Å². The van der Waals surface area contributed by atoms with Gasteiger partial charge in [-0.25, -0.2) is 0 Å². The van der Waals surface area contributed by atoms with Crippen LogP contribution in [0, 0.1) is 5.41 Å². The highest BCUT2D eigenvalue weighted by molar-refractivity contribution is 5.73. The van der Waals surface area contributed by atoms with E-state index in [4.69, 9.17) is 9.84 Å². The molecule has 0 saturated heterocycles. The Morgan fingerprint density at radius 3 is 2.39 bits per heavy atom. The van der Waals surface area contributed by atoms with Gasteiger partial charge in [0.05, 0.1) is 12.5 Å². The second kappa shape index (κ2) is 5.87. The van der Waals surface area contributed by atoms with Crippen molar-refractivity contribution in [3.63, 3.8) is 0 Å². The average molecular weight is 251 g/mol. The van der Waals surface area contributed by atoms with Crippen LogP contribution in [-0.2, 0) is 4.79 Å². The van der Waals surface area contributed by atoms with Gasteiger partial charge in [0.15, 0.2) is 0 Å². The van der Waals surface area contributed by atoms with Crippen molar-refractivity contribution in [2.45, 2.75) is 26.8 Å². The van der Waals surface area contributed by atoms with Crippen LogP contribution in [0.3, 0.4) is 0 Å². The van der Waals surface area contributed by atoms with Crippen LogP contribution in [0.1, 0.15) is 32.4 Å². The number of hydrogen-bond acceptors (Lipinski definition) is 3. The molecular formula is C14H21NO3. The van der Waals surface area contributed by atoms with E-state index in [2.05, 4.69) is 5.32 Å². The molecule has 0 saturated carbocycles. The lowest BCUT2D eigenvalue weighted by Crippen LogP contribution is -2.37. The topological polar surface area (TPSA) is 58.6 Å². The second-order valence-corrected chi connectivity index (χ2v) is 5.06. The summed E-state index contributed by atoms with van der Waals surface area (Å²) in [5.74, 6) is 0.0220. The minimum Gasteiger partial charge on any atom is -0.497 e. The van der Waals surface area contributed by atoms with E-state index in [1.807, 2.05) is 31.2 Å². The van der Waals surface area contributed by atoms with E-state index >= 15 is 0 Å². The highest BCUT2D eigenvalue weighted by atomic mass is 16.5. The number of hydrogen-bond donors (Lipinski definition) is 2. The molecule has 0 fully saturated rings. The lowest BCUT2D eigenvalue weighted by Gasteiger charge is -2.23. The van der Waals surface area contributed by atoms with Gasteiger partial charge in [-0.15, -0.1) is 0 Å². The van der Waals surface area contributed by atoms with E-state index in [0.29, 0.717) is 6.54 Å². The predicted octanol–water partition coefficient (Wildman–Crippen LogP) is 2.46. The van der Waals surface area contributed by atoms with Gasteiger partial charge in [-0.3, -0.25) is 4.79 Å². The van der Waals surface area contributed by atoms with Gasteiger partial charge in [0.25, 0.3) is 0 Å². The van der Waals surface area contributed by atoms with Gasteiger partial charge in [0.2, 0.25) is 0 Å². The highest BCUT2D eigenvalue weighted by Crippen LogP contribution is 2.19. The number of carboxylic acid groups (broad SMARTS) is 1. The molecule has 0 radical (unpaired) electrons. The lowest BCUT2D eigenvalue weighted by atomic mass is 9.93. The molecule has 2 N–H and O–H groups in total. The number of benzene rings is 1. The van der Waals surface area contributed by atoms with Crippen molar-refractivity contribution in [2.75, 3.05) is 13.7 Å². The fourth-order valence-electron chi connectivity index (χ4n) is 1.49. The van der Waals surface area contributed by atoms with Crippen LogP contribution in [-0.4, -0.2) is 24.7 Å². The Kier molecular flexibility index (Phi) is 4.73. The molecule has 0 aromatic heterocycles. The Morgan fingerprint density at radius 1 is 1.39 bits per heavy atom. The highest BCUT2D eigenvalue weighted by Gasteiger charge is 2.27. The average Bonchev–Trinajstić information content (AvgIpc) is 2.36. The third-order valence-corrected chi connectivity index (χ3v) is 3.04. The number of carbonyl (C=O) groups is 1. The fraction of sp³-hybridized carbons (Fsp3) is 0.500. The maximum atomic E-state index is 11.0. The van der Waals surface area contributed by atoms with Crippen molar-refractivity contribution in [1.29, 1.82) is 0 Å². The third-order valence-electron chi connectivity index (χ3n) is 3.04. The lowest BCUT2D eigenvalue weighted by molar-refractivity contribution is -0.146. The molecule has 1 aromatic carbocycles. The summed E-state index contributed by atoms with van der Waals surface area (Å²) >= 11 is 0. The van der Waals surface area contributed by atoms with Crippen molar-refractivity contribution in [2.24, 2.45) is 5.41 Å². The molecule has 0 unspecified atom stereocenters. The zero-order valence-electron chi connectivity index (χ0n) is 11.4. The summed E-state index contributed by atoms with van der Waals surface area (Å²) in [6.45, 7) is 5.86. The zero-order valence-corrected chi connectivity index (χ0v) is 11.4. The maximum absolute atomic E-state index is 11.0. The van der Waals surface area contributed by atoms with Gasteiger partial charge < -0.3 is 15.2 Å². The van der Waals surface area contributed by atoms with Gasteiger partial charge in [0, 0.05) is 12.6 Å². The first-order valence-electron chi connectivity index (χ1n) is 5.97. The Bertz CT molecular complexity index is 398. The predicted molar refractivity (Wildman–Crippen MR) is 70.8 cm³/mol. The summed E-state index contributed by atoms with van der Waals surface area (Å²) < 4.78 is 5.10. The van der Waals surface area contributed by atoms with E-state index in [1.165, 1.54) is 0 Å². The Hall–Kier alpha value is -1.55. The van der Waals surface area contributed by atoms with E-state index < -0.39 is 11.4 Å². The van der Waals surface area contributed by atoms with Crippen LogP contribution in [0.25, 0.3) is 0 Å². The molecule has 0 aliphatic heterocycles. The number of carboxylic acids is 1. The smallest absolute Gasteiger partial charge is 0.310 e. The van der Waals surface area contributed by atoms with Crippen LogP contribution < -0.4 is 10.1 Å². The summed E-state index contributed by atoms with van der Waals surface area (Å²) in [5.41, 5.74) is 0.345. The molecule has 0 bridgehead atoms. The number of methoxy groups -OCH3 is 1. The molecule has 100 valence electrons. The minimum atomic E-state index is -0.795. The van der Waals surface area contributed by atoms with Crippen LogP contribution in [0.2, 0.25) is 0 Å². The van der Waals surface area contributed by atoms with E-state index in [9.17, 15) is 4.79 Å². The van der Waals surface area contributed by atoms with E-state index in [-0.39, 0.29) is 6.04 Å². The van der Waals surface area contributed by atoms with Crippen LogP contribution in [0.5, 0.6) is 5.75 Å². The van der Waals surface area contributed by atoms with Crippen LogP contribution in [0.4, 0.5) is 0 Å². The summed E-state index contributed by atoms with van der Waals surface area (Å²) in [5, 5.41) is 12.3. The normalized spacial score (nSPS) is 13.1. The monoisotopic (exact) mass is 251 g/mol. The Labute approximate surface area is 108 Å². The Morgan fingerprint density at radius 2 is 1.94 bits per heavy atom. The summed E-state index contributed by atoms with van der Waals surface area (Å²) in [4.78, 5) is 11.0. The molecule has 4 heteroatoms. The van der Waals surface area contributed by atoms with Crippen LogP contribution in [0.15, 0.2) is 24.3 Å². The van der Waals surface area contributed by atoms with E-state index in [1.54, 1.807) is 21.0 Å². The van der Waals surface area contributed by atoms with Crippen LogP contribution >= 0.6 is 0 Å². The molecule has 0 heterocycles. The number of rotatable bonds is 6. The molecule has 1 atom stereocenters. The van der Waals surface area contributed by atoms with Crippen molar-refractivity contribution in [3.05, 3.63) is 29.8 Å². The van der Waals surface area contributed by atoms with Gasteiger partial charge in [-0.05, 0) is 38.5 Å². The van der Waals surface area contributed by atoms with Gasteiger partial charge in [-0.2, -0.15) is 0 Å². The molecule has 18 heavy (non-hydrogen) atoms. The zero-order chi connectivity index (χ0) is 13.8. The van der Waals surface area contributed by atoms with Crippen molar-refractivity contribution < 1.29 is 14.6 Å². The first kappa shape index (κ1) is 14.5. The van der Waals surface area contributed by atoms with Gasteiger partial charge >= 0.3 is 5.97 Å². The fourth-order valence-corrected chi connectivity index (χ4v) is 1.49. The summed E-state index contributed by atoms with van der Waals surface area (Å²) in [6, 6.07) is 7.86. The van der Waals surface area contributed by atoms with E-state index in [0.717, 1.165) is 11.3 Å². The SMILES string of the molecule is COc1ccc([C@H](C)NCC(C)(C)C(=O)O)cc1. The maximum Gasteiger partial charge on any atom is 0.310 e. The van der Waals surface area contributed by atoms with Crippen molar-refractivity contribution in [1.82, 2.24) is 5.32 Å². The van der Waals surface area contributed by atoms with Gasteiger partial charge in [-0.1, -0.05) is 12.1 Å². The molecular weight excluding hydrogens is 230 g/mol. The molecule has 0 aliphatic carbocycles. The third kappa shape index (κ3) is 3.74. The summed E-state index contributed by atoms with van der Waals surface area (Å²) in [6.07, 6.45) is 0. The molecule has 1 aromatic rings. The number of nitrogens with one attached hydrogen (secondary N) is 1. The van der Waals surface area contributed by atoms with Crippen molar-refractivity contribution >= 4 is 5.97 Å². The first-order chi connectivity index (χ1) is 8.36. The minimum absolute atomic E-state index is 0.106. The van der Waals surface area contributed by atoms with Gasteiger partial charge in [0.1, 0.15) is 5.75 Å². The quantitative estimate of drug-likeness (QED) is 0.815.